The molecule has 0 aliphatic heterocycles. The highest BCUT2D eigenvalue weighted by Crippen LogP contribution is 2.45. The molecule has 0 saturated carbocycles. The monoisotopic (exact) mass is 436 g/mol. The molecule has 0 fully saturated rings. The number of rotatable bonds is 5. The van der Waals surface area contributed by atoms with Crippen molar-refractivity contribution in [3.05, 3.63) is 105 Å². The zero-order valence-electron chi connectivity index (χ0n) is 16.9. The Morgan fingerprint density at radius 3 is 2.20 bits per heavy atom. The first-order chi connectivity index (χ1) is 14.5. The summed E-state index contributed by atoms with van der Waals surface area (Å²) in [6.45, 7) is 0. The number of hydrogen-bond acceptors (Lipinski definition) is 1. The molecule has 1 amide bonds. The molecule has 1 N–H and O–H groups in total. The number of carbonyl (C=O) groups excluding carboxylic acids is 1. The predicted octanol–water partition coefficient (Wildman–Crippen LogP) is 6.34. The maximum Gasteiger partial charge on any atom is 0.234 e. The van der Waals surface area contributed by atoms with E-state index in [9.17, 15) is 4.79 Å². The number of nitrogens with one attached hydrogen (secondary N) is 1. The summed E-state index contributed by atoms with van der Waals surface area (Å²) in [4.78, 5) is 13.6. The molecule has 3 aromatic carbocycles. The lowest BCUT2D eigenvalue weighted by Crippen LogP contribution is -2.45. The topological polar surface area (TPSA) is 29.1 Å². The smallest absolute Gasteiger partial charge is 0.234 e. The van der Waals surface area contributed by atoms with Gasteiger partial charge < -0.3 is 5.32 Å². The largest absolute Gasteiger partial charge is 0.358 e. The molecule has 1 aliphatic rings. The summed E-state index contributed by atoms with van der Waals surface area (Å²) in [6, 6.07) is 24.9. The second-order valence-corrected chi connectivity index (χ2v) is 8.77. The standard InChI is InChI=1S/C26H24Cl2NO/c1-29-25(30)26(20-9-13-22(27)14-10-20,21-11-15-23(28)16-12-21)17-19-7-4-6-18-5-2-3-8-24(18)19/h2-3,8-16,19H,4,6-7,17H2,1H3,(H,29,30). The summed E-state index contributed by atoms with van der Waals surface area (Å²) in [5.74, 6) is 0.231. The van der Waals surface area contributed by atoms with Gasteiger partial charge in [-0.25, -0.2) is 0 Å². The Labute approximate surface area is 188 Å². The van der Waals surface area contributed by atoms with Gasteiger partial charge in [-0.05, 0) is 84.2 Å². The minimum absolute atomic E-state index is 0.0285. The highest BCUT2D eigenvalue weighted by atomic mass is 35.5. The predicted molar refractivity (Wildman–Crippen MR) is 123 cm³/mol. The zero-order chi connectivity index (χ0) is 21.1. The highest BCUT2D eigenvalue weighted by molar-refractivity contribution is 6.30. The van der Waals surface area contributed by atoms with Gasteiger partial charge in [-0.3, -0.25) is 4.79 Å². The molecule has 0 bridgehead atoms. The van der Waals surface area contributed by atoms with Gasteiger partial charge in [0.25, 0.3) is 0 Å². The molecule has 30 heavy (non-hydrogen) atoms. The maximum absolute atomic E-state index is 13.6. The molecule has 1 unspecified atom stereocenters. The van der Waals surface area contributed by atoms with Crippen LogP contribution in [-0.2, 0) is 16.6 Å². The normalized spacial score (nSPS) is 16.0. The molecule has 1 aliphatic carbocycles. The number of likely N-dealkylation sites (N-methyl/N-ethyl adjacent to an activating group) is 1. The van der Waals surface area contributed by atoms with Gasteiger partial charge in [0.2, 0.25) is 5.91 Å². The van der Waals surface area contributed by atoms with Crippen LogP contribution < -0.4 is 5.32 Å². The first-order valence-electron chi connectivity index (χ1n) is 10.3. The molecule has 1 radical (unpaired) electrons. The van der Waals surface area contributed by atoms with Crippen molar-refractivity contribution in [1.82, 2.24) is 5.32 Å². The number of fused-ring (bicyclic) bond motifs is 1. The van der Waals surface area contributed by atoms with Gasteiger partial charge in [0.05, 0.1) is 5.41 Å². The Morgan fingerprint density at radius 1 is 1.03 bits per heavy atom. The van der Waals surface area contributed by atoms with Crippen LogP contribution in [0.5, 0.6) is 0 Å². The van der Waals surface area contributed by atoms with Crippen LogP contribution in [-0.4, -0.2) is 13.0 Å². The third kappa shape index (κ3) is 3.87. The van der Waals surface area contributed by atoms with Crippen molar-refractivity contribution >= 4 is 29.1 Å². The van der Waals surface area contributed by atoms with Crippen molar-refractivity contribution in [2.24, 2.45) is 0 Å². The van der Waals surface area contributed by atoms with Crippen molar-refractivity contribution in [1.29, 1.82) is 0 Å². The molecule has 1 atom stereocenters. The van der Waals surface area contributed by atoms with Crippen LogP contribution >= 0.6 is 23.2 Å². The molecule has 0 spiro atoms. The average Bonchev–Trinajstić information content (AvgIpc) is 2.78. The van der Waals surface area contributed by atoms with E-state index in [-0.39, 0.29) is 11.8 Å². The van der Waals surface area contributed by atoms with E-state index >= 15 is 0 Å². The van der Waals surface area contributed by atoms with Gasteiger partial charge in [0, 0.05) is 17.1 Å². The van der Waals surface area contributed by atoms with E-state index in [4.69, 9.17) is 23.2 Å². The molecule has 3 aromatic rings. The Kier molecular flexibility index (Phi) is 6.17. The average molecular weight is 437 g/mol. The Bertz CT molecular complexity index is 982. The van der Waals surface area contributed by atoms with Gasteiger partial charge in [-0.15, -0.1) is 0 Å². The van der Waals surface area contributed by atoms with Gasteiger partial charge >= 0.3 is 0 Å². The van der Waals surface area contributed by atoms with Crippen molar-refractivity contribution in [2.45, 2.75) is 37.0 Å². The summed E-state index contributed by atoms with van der Waals surface area (Å²) in [5.41, 5.74) is 3.59. The third-order valence-corrected chi connectivity index (χ3v) is 6.74. The molecule has 4 rings (SSSR count). The lowest BCUT2D eigenvalue weighted by atomic mass is 9.65. The Hall–Kier alpha value is -2.29. The number of carbonyl (C=O) groups is 1. The summed E-state index contributed by atoms with van der Waals surface area (Å²) in [7, 11) is 1.70. The molecule has 4 heteroatoms. The lowest BCUT2D eigenvalue weighted by Gasteiger charge is -2.38. The van der Waals surface area contributed by atoms with E-state index in [0.29, 0.717) is 16.5 Å². The first kappa shape index (κ1) is 21.0. The van der Waals surface area contributed by atoms with Crippen LogP contribution in [0.15, 0.2) is 66.7 Å². The molecule has 0 heterocycles. The van der Waals surface area contributed by atoms with E-state index in [1.54, 1.807) is 7.05 Å². The molecule has 2 nitrogen and oxygen atoms in total. The van der Waals surface area contributed by atoms with E-state index in [2.05, 4.69) is 17.4 Å². The zero-order valence-corrected chi connectivity index (χ0v) is 18.4. The van der Waals surface area contributed by atoms with Crippen molar-refractivity contribution in [3.8, 4) is 0 Å². The van der Waals surface area contributed by atoms with Gasteiger partial charge in [0.1, 0.15) is 0 Å². The van der Waals surface area contributed by atoms with Crippen LogP contribution in [0.3, 0.4) is 0 Å². The molecule has 0 aromatic heterocycles. The van der Waals surface area contributed by atoms with E-state index < -0.39 is 5.41 Å². The SMILES string of the molecule is CNC(=O)C(CC1CCCc2[c]cccc21)(c1ccc(Cl)cc1)c1ccc(Cl)cc1. The van der Waals surface area contributed by atoms with Crippen LogP contribution in [0.2, 0.25) is 10.0 Å². The number of halogens is 2. The van der Waals surface area contributed by atoms with E-state index in [1.807, 2.05) is 60.7 Å². The fraction of sp³-hybridized carbons (Fsp3) is 0.269. The summed E-state index contributed by atoms with van der Waals surface area (Å²) in [6.07, 6.45) is 3.86. The van der Waals surface area contributed by atoms with Gasteiger partial charge in [0.15, 0.2) is 0 Å². The quantitative estimate of drug-likeness (QED) is 0.496. The van der Waals surface area contributed by atoms with Crippen molar-refractivity contribution in [2.75, 3.05) is 7.05 Å². The minimum atomic E-state index is -0.848. The van der Waals surface area contributed by atoms with E-state index in [0.717, 1.165) is 30.4 Å². The third-order valence-electron chi connectivity index (χ3n) is 6.24. The van der Waals surface area contributed by atoms with Gasteiger partial charge in [-0.1, -0.05) is 65.7 Å². The number of benzene rings is 3. The first-order valence-corrected chi connectivity index (χ1v) is 11.0. The number of hydrogen-bond donors (Lipinski definition) is 1. The summed E-state index contributed by atoms with van der Waals surface area (Å²) < 4.78 is 0. The van der Waals surface area contributed by atoms with Crippen LogP contribution in [0, 0.1) is 6.07 Å². The van der Waals surface area contributed by atoms with Crippen LogP contribution in [0.25, 0.3) is 0 Å². The van der Waals surface area contributed by atoms with Crippen LogP contribution in [0.4, 0.5) is 0 Å². The van der Waals surface area contributed by atoms with Crippen LogP contribution in [0.1, 0.15) is 47.4 Å². The lowest BCUT2D eigenvalue weighted by molar-refractivity contribution is -0.125. The minimum Gasteiger partial charge on any atom is -0.358 e. The molecule has 0 saturated heterocycles. The fourth-order valence-corrected chi connectivity index (χ4v) is 5.04. The maximum atomic E-state index is 13.6. The second-order valence-electron chi connectivity index (χ2n) is 7.90. The van der Waals surface area contributed by atoms with Crippen molar-refractivity contribution in [3.63, 3.8) is 0 Å². The van der Waals surface area contributed by atoms with E-state index in [1.165, 1.54) is 11.1 Å². The number of amides is 1. The fourth-order valence-electron chi connectivity index (χ4n) is 4.79. The second kappa shape index (κ2) is 8.83. The molecule has 153 valence electrons. The molecular weight excluding hydrogens is 413 g/mol. The Morgan fingerprint density at radius 2 is 1.63 bits per heavy atom. The molecular formula is C26H24Cl2NO. The summed E-state index contributed by atoms with van der Waals surface area (Å²) >= 11 is 12.4. The van der Waals surface area contributed by atoms with Gasteiger partial charge in [-0.2, -0.15) is 0 Å². The summed E-state index contributed by atoms with van der Waals surface area (Å²) in [5, 5.41) is 4.24. The highest BCUT2D eigenvalue weighted by Gasteiger charge is 2.44. The Balaban J connectivity index is 1.89. The number of aryl methyl sites for hydroxylation is 1. The van der Waals surface area contributed by atoms with Crippen molar-refractivity contribution < 1.29 is 4.79 Å².